The van der Waals surface area contributed by atoms with Crippen molar-refractivity contribution in [2.24, 2.45) is 0 Å². The SMILES string of the molecule is CC(C)(O)COc1cc(Cl)ccc1[N+](=O)[O-]. The van der Waals surface area contributed by atoms with Gasteiger partial charge in [-0.15, -0.1) is 0 Å². The number of aliphatic hydroxyl groups is 1. The van der Waals surface area contributed by atoms with Gasteiger partial charge in [0.1, 0.15) is 6.61 Å². The second-order valence-electron chi connectivity index (χ2n) is 3.97. The molecule has 0 bridgehead atoms. The normalized spacial score (nSPS) is 11.2. The standard InChI is InChI=1S/C10H12ClNO4/c1-10(2,13)6-16-9-5-7(11)3-4-8(9)12(14)15/h3-5,13H,6H2,1-2H3. The molecule has 5 nitrogen and oxygen atoms in total. The van der Waals surface area contributed by atoms with Crippen LogP contribution >= 0.6 is 11.6 Å². The van der Waals surface area contributed by atoms with Gasteiger partial charge in [0, 0.05) is 17.2 Å². The van der Waals surface area contributed by atoms with Crippen molar-refractivity contribution in [2.45, 2.75) is 19.4 Å². The number of hydrogen-bond acceptors (Lipinski definition) is 4. The van der Waals surface area contributed by atoms with E-state index in [2.05, 4.69) is 0 Å². The third-order valence-electron chi connectivity index (χ3n) is 1.70. The molecule has 0 amide bonds. The second kappa shape index (κ2) is 4.67. The summed E-state index contributed by atoms with van der Waals surface area (Å²) in [5, 5.41) is 20.5. The first-order valence-corrected chi connectivity index (χ1v) is 4.96. The highest BCUT2D eigenvalue weighted by molar-refractivity contribution is 6.30. The van der Waals surface area contributed by atoms with Gasteiger partial charge in [0.05, 0.1) is 10.5 Å². The molecule has 0 saturated carbocycles. The summed E-state index contributed by atoms with van der Waals surface area (Å²) >= 11 is 5.71. The molecule has 0 atom stereocenters. The molecule has 1 aromatic carbocycles. The number of benzene rings is 1. The van der Waals surface area contributed by atoms with Crippen molar-refractivity contribution in [3.63, 3.8) is 0 Å². The Morgan fingerprint density at radius 2 is 2.19 bits per heavy atom. The molecule has 0 saturated heterocycles. The Kier molecular flexibility index (Phi) is 3.72. The molecule has 0 aliphatic carbocycles. The maximum absolute atomic E-state index is 10.7. The first kappa shape index (κ1) is 12.7. The fourth-order valence-corrected chi connectivity index (χ4v) is 1.17. The van der Waals surface area contributed by atoms with E-state index in [4.69, 9.17) is 16.3 Å². The Bertz CT molecular complexity index is 400. The van der Waals surface area contributed by atoms with E-state index in [-0.39, 0.29) is 18.0 Å². The molecule has 0 heterocycles. The van der Waals surface area contributed by atoms with Crippen molar-refractivity contribution in [3.8, 4) is 5.75 Å². The minimum Gasteiger partial charge on any atom is -0.484 e. The van der Waals surface area contributed by atoms with Gasteiger partial charge in [0.15, 0.2) is 5.75 Å². The molecule has 16 heavy (non-hydrogen) atoms. The molecule has 0 fully saturated rings. The van der Waals surface area contributed by atoms with Crippen LogP contribution in [0.25, 0.3) is 0 Å². The Hall–Kier alpha value is -1.33. The van der Waals surface area contributed by atoms with Crippen molar-refractivity contribution < 1.29 is 14.8 Å². The molecular weight excluding hydrogens is 234 g/mol. The number of nitro groups is 1. The summed E-state index contributed by atoms with van der Waals surface area (Å²) in [6.45, 7) is 3.04. The van der Waals surface area contributed by atoms with Crippen LogP contribution in [0.4, 0.5) is 5.69 Å². The highest BCUT2D eigenvalue weighted by Gasteiger charge is 2.19. The molecular formula is C10H12ClNO4. The summed E-state index contributed by atoms with van der Waals surface area (Å²) in [5.41, 5.74) is -1.23. The van der Waals surface area contributed by atoms with Crippen LogP contribution in [-0.2, 0) is 0 Å². The van der Waals surface area contributed by atoms with E-state index in [9.17, 15) is 15.2 Å². The summed E-state index contributed by atoms with van der Waals surface area (Å²) in [6.07, 6.45) is 0. The fraction of sp³-hybridized carbons (Fsp3) is 0.400. The zero-order valence-corrected chi connectivity index (χ0v) is 9.69. The zero-order valence-electron chi connectivity index (χ0n) is 8.94. The number of nitrogens with zero attached hydrogens (tertiary/aromatic N) is 1. The third-order valence-corrected chi connectivity index (χ3v) is 1.93. The van der Waals surface area contributed by atoms with Crippen molar-refractivity contribution in [3.05, 3.63) is 33.3 Å². The quantitative estimate of drug-likeness (QED) is 0.653. The van der Waals surface area contributed by atoms with Gasteiger partial charge >= 0.3 is 5.69 Å². The van der Waals surface area contributed by atoms with Crippen molar-refractivity contribution in [1.82, 2.24) is 0 Å². The molecule has 0 unspecified atom stereocenters. The minimum absolute atomic E-state index is 0.0474. The lowest BCUT2D eigenvalue weighted by Crippen LogP contribution is -2.28. The lowest BCUT2D eigenvalue weighted by Gasteiger charge is -2.17. The van der Waals surface area contributed by atoms with E-state index in [1.807, 2.05) is 0 Å². The van der Waals surface area contributed by atoms with Gasteiger partial charge in [-0.2, -0.15) is 0 Å². The van der Waals surface area contributed by atoms with Crippen LogP contribution in [0.5, 0.6) is 5.75 Å². The number of hydrogen-bond donors (Lipinski definition) is 1. The summed E-state index contributed by atoms with van der Waals surface area (Å²) in [6, 6.07) is 4.03. The smallest absolute Gasteiger partial charge is 0.311 e. The molecule has 0 aliphatic heterocycles. The van der Waals surface area contributed by atoms with E-state index in [0.717, 1.165) is 0 Å². The largest absolute Gasteiger partial charge is 0.484 e. The van der Waals surface area contributed by atoms with Crippen molar-refractivity contribution in [1.29, 1.82) is 0 Å². The highest BCUT2D eigenvalue weighted by Crippen LogP contribution is 2.30. The monoisotopic (exact) mass is 245 g/mol. The Balaban J connectivity index is 2.93. The lowest BCUT2D eigenvalue weighted by molar-refractivity contribution is -0.386. The first-order valence-electron chi connectivity index (χ1n) is 4.59. The minimum atomic E-state index is -1.06. The van der Waals surface area contributed by atoms with Crippen LogP contribution in [0.2, 0.25) is 5.02 Å². The Morgan fingerprint density at radius 3 is 2.69 bits per heavy atom. The Labute approximate surface area is 97.8 Å². The topological polar surface area (TPSA) is 72.6 Å². The number of nitro benzene ring substituents is 1. The summed E-state index contributed by atoms with van der Waals surface area (Å²) < 4.78 is 5.17. The van der Waals surface area contributed by atoms with Crippen molar-refractivity contribution in [2.75, 3.05) is 6.61 Å². The molecule has 0 aliphatic rings. The average molecular weight is 246 g/mol. The summed E-state index contributed by atoms with van der Waals surface area (Å²) in [5.74, 6) is 0.0552. The van der Waals surface area contributed by atoms with Gasteiger partial charge in [0.25, 0.3) is 0 Å². The Morgan fingerprint density at radius 1 is 1.56 bits per heavy atom. The summed E-state index contributed by atoms with van der Waals surface area (Å²) in [7, 11) is 0. The maximum Gasteiger partial charge on any atom is 0.311 e. The predicted octanol–water partition coefficient (Wildman–Crippen LogP) is 2.40. The van der Waals surface area contributed by atoms with E-state index >= 15 is 0 Å². The predicted molar refractivity (Wildman–Crippen MR) is 59.9 cm³/mol. The zero-order chi connectivity index (χ0) is 12.3. The third kappa shape index (κ3) is 3.67. The summed E-state index contributed by atoms with van der Waals surface area (Å²) in [4.78, 5) is 10.1. The van der Waals surface area contributed by atoms with Gasteiger partial charge < -0.3 is 9.84 Å². The molecule has 1 rings (SSSR count). The molecule has 6 heteroatoms. The number of ether oxygens (including phenoxy) is 1. The number of rotatable bonds is 4. The van der Waals surface area contributed by atoms with Gasteiger partial charge in [-0.05, 0) is 19.9 Å². The maximum atomic E-state index is 10.7. The highest BCUT2D eigenvalue weighted by atomic mass is 35.5. The van der Waals surface area contributed by atoms with Gasteiger partial charge in [0.2, 0.25) is 0 Å². The molecule has 0 radical (unpaired) electrons. The molecule has 1 N–H and O–H groups in total. The van der Waals surface area contributed by atoms with Crippen LogP contribution in [0.1, 0.15) is 13.8 Å². The lowest BCUT2D eigenvalue weighted by atomic mass is 10.2. The molecule has 1 aromatic rings. The second-order valence-corrected chi connectivity index (χ2v) is 4.41. The fourth-order valence-electron chi connectivity index (χ4n) is 1.01. The molecule has 0 aromatic heterocycles. The van der Waals surface area contributed by atoms with E-state index in [1.165, 1.54) is 18.2 Å². The van der Waals surface area contributed by atoms with E-state index < -0.39 is 10.5 Å². The van der Waals surface area contributed by atoms with Crippen molar-refractivity contribution >= 4 is 17.3 Å². The van der Waals surface area contributed by atoms with Gasteiger partial charge in [-0.25, -0.2) is 0 Å². The molecule has 0 spiro atoms. The van der Waals surface area contributed by atoms with Crippen LogP contribution in [0, 0.1) is 10.1 Å². The van der Waals surface area contributed by atoms with Crippen LogP contribution < -0.4 is 4.74 Å². The van der Waals surface area contributed by atoms with Gasteiger partial charge in [-0.1, -0.05) is 11.6 Å². The van der Waals surface area contributed by atoms with E-state index in [0.29, 0.717) is 5.02 Å². The number of halogens is 1. The van der Waals surface area contributed by atoms with Crippen LogP contribution in [0.15, 0.2) is 18.2 Å². The van der Waals surface area contributed by atoms with E-state index in [1.54, 1.807) is 13.8 Å². The van der Waals surface area contributed by atoms with Crippen LogP contribution in [0.3, 0.4) is 0 Å². The molecule has 88 valence electrons. The van der Waals surface area contributed by atoms with Gasteiger partial charge in [-0.3, -0.25) is 10.1 Å². The average Bonchev–Trinajstić information content (AvgIpc) is 2.13. The van der Waals surface area contributed by atoms with Crippen LogP contribution in [-0.4, -0.2) is 22.2 Å². The first-order chi connectivity index (χ1) is 7.29.